The lowest BCUT2D eigenvalue weighted by Crippen LogP contribution is -2.57. The number of carboxylic acids is 1. The van der Waals surface area contributed by atoms with E-state index in [1.54, 1.807) is 17.0 Å². The van der Waals surface area contributed by atoms with Gasteiger partial charge in [-0.2, -0.15) is 0 Å². The fraction of sp³-hybridized carbons (Fsp3) is 0.296. The quantitative estimate of drug-likeness (QED) is 0.415. The molecule has 0 aliphatic carbocycles. The van der Waals surface area contributed by atoms with Gasteiger partial charge in [0.05, 0.1) is 34.5 Å². The summed E-state index contributed by atoms with van der Waals surface area (Å²) in [5, 5.41) is 10.2. The van der Waals surface area contributed by atoms with Crippen LogP contribution < -0.4 is 15.2 Å². The van der Waals surface area contributed by atoms with Gasteiger partial charge in [-0.15, -0.1) is 0 Å². The standard InChI is InChI=1S/C27H26ClN7O3/c1-15-7-23(33-11-17(12-33)32(2)3)30-9-22(15)35-13-19(27(37)38)24(36)18-8-20(28)26(31-25(18)35)34-10-16-5-4-6-29-21(16)14-34/h4-9,13,17H,10-12,14H2,1-3H3,(H,37,38). The number of carboxylic acid groups (broad SMARTS) is 1. The molecule has 0 aromatic carbocycles. The van der Waals surface area contributed by atoms with Crippen LogP contribution in [-0.2, 0) is 13.1 Å². The second kappa shape index (κ2) is 9.07. The van der Waals surface area contributed by atoms with Gasteiger partial charge < -0.3 is 19.8 Å². The van der Waals surface area contributed by atoms with Crippen molar-refractivity contribution in [2.75, 3.05) is 37.0 Å². The van der Waals surface area contributed by atoms with Crippen LogP contribution in [0.15, 0.2) is 47.7 Å². The number of aromatic nitrogens is 4. The van der Waals surface area contributed by atoms with E-state index in [9.17, 15) is 14.7 Å². The first-order valence-corrected chi connectivity index (χ1v) is 12.6. The summed E-state index contributed by atoms with van der Waals surface area (Å²) in [4.78, 5) is 45.5. The predicted molar refractivity (Wildman–Crippen MR) is 146 cm³/mol. The lowest BCUT2D eigenvalue weighted by atomic mass is 10.1. The zero-order valence-electron chi connectivity index (χ0n) is 21.2. The Balaban J connectivity index is 1.47. The van der Waals surface area contributed by atoms with Gasteiger partial charge >= 0.3 is 5.97 Å². The fourth-order valence-electron chi connectivity index (χ4n) is 5.05. The SMILES string of the molecule is Cc1cc(N2CC(N(C)C)C2)ncc1-n1cc(C(=O)O)c(=O)c2cc(Cl)c(N3Cc4cccnc4C3)nc21. The molecule has 194 valence electrons. The molecule has 4 aromatic rings. The lowest BCUT2D eigenvalue weighted by molar-refractivity contribution is 0.0695. The first-order valence-electron chi connectivity index (χ1n) is 12.3. The van der Waals surface area contributed by atoms with E-state index in [0.717, 1.165) is 35.7 Å². The van der Waals surface area contributed by atoms with E-state index in [-0.39, 0.29) is 16.0 Å². The second-order valence-corrected chi connectivity index (χ2v) is 10.4. The predicted octanol–water partition coefficient (Wildman–Crippen LogP) is 3.11. The maximum Gasteiger partial charge on any atom is 0.341 e. The number of pyridine rings is 4. The molecule has 0 spiro atoms. The molecule has 0 unspecified atom stereocenters. The molecule has 0 radical (unpaired) electrons. The van der Waals surface area contributed by atoms with Crippen molar-refractivity contribution in [3.8, 4) is 5.69 Å². The van der Waals surface area contributed by atoms with Crippen molar-refractivity contribution in [1.82, 2.24) is 24.4 Å². The third-order valence-electron chi connectivity index (χ3n) is 7.37. The zero-order chi connectivity index (χ0) is 26.7. The molecule has 2 aliphatic rings. The largest absolute Gasteiger partial charge is 0.477 e. The Morgan fingerprint density at radius 3 is 2.63 bits per heavy atom. The first kappa shape index (κ1) is 24.3. The normalized spacial score (nSPS) is 15.3. The minimum Gasteiger partial charge on any atom is -0.477 e. The Hall–Kier alpha value is -4.02. The van der Waals surface area contributed by atoms with Crippen LogP contribution in [0, 0.1) is 6.92 Å². The maximum absolute atomic E-state index is 13.1. The molecule has 10 nitrogen and oxygen atoms in total. The monoisotopic (exact) mass is 531 g/mol. The minimum atomic E-state index is -1.32. The van der Waals surface area contributed by atoms with Gasteiger partial charge in [0, 0.05) is 38.1 Å². The lowest BCUT2D eigenvalue weighted by Gasteiger charge is -2.43. The number of halogens is 1. The number of likely N-dealkylation sites (N-methyl/N-ethyl adjacent to an activating group) is 1. The van der Waals surface area contributed by atoms with Crippen LogP contribution in [0.25, 0.3) is 16.7 Å². The smallest absolute Gasteiger partial charge is 0.341 e. The van der Waals surface area contributed by atoms with Crippen molar-refractivity contribution in [2.45, 2.75) is 26.1 Å². The highest BCUT2D eigenvalue weighted by Crippen LogP contribution is 2.34. The highest BCUT2D eigenvalue weighted by atomic mass is 35.5. The Labute approximate surface area is 223 Å². The van der Waals surface area contributed by atoms with Crippen molar-refractivity contribution in [2.24, 2.45) is 0 Å². The van der Waals surface area contributed by atoms with E-state index in [4.69, 9.17) is 16.6 Å². The maximum atomic E-state index is 13.1. The van der Waals surface area contributed by atoms with Crippen molar-refractivity contribution in [1.29, 1.82) is 0 Å². The van der Waals surface area contributed by atoms with Gasteiger partial charge in [0.25, 0.3) is 0 Å². The molecule has 0 bridgehead atoms. The number of nitrogens with zero attached hydrogens (tertiary/aromatic N) is 7. The molecule has 0 saturated carbocycles. The topological polar surface area (TPSA) is 108 Å². The fourth-order valence-corrected chi connectivity index (χ4v) is 5.32. The summed E-state index contributed by atoms with van der Waals surface area (Å²) in [5.74, 6) is 0.0440. The summed E-state index contributed by atoms with van der Waals surface area (Å²) >= 11 is 6.63. The van der Waals surface area contributed by atoms with Gasteiger partial charge in [0.15, 0.2) is 11.5 Å². The summed E-state index contributed by atoms with van der Waals surface area (Å²) in [6, 6.07) is 7.88. The number of hydrogen-bond acceptors (Lipinski definition) is 8. The molecule has 38 heavy (non-hydrogen) atoms. The molecule has 6 heterocycles. The average Bonchev–Trinajstić information content (AvgIpc) is 3.27. The number of aromatic carboxylic acids is 1. The first-order chi connectivity index (χ1) is 18.2. The van der Waals surface area contributed by atoms with E-state index < -0.39 is 11.4 Å². The Bertz CT molecular complexity index is 1640. The molecule has 0 atom stereocenters. The molecular weight excluding hydrogens is 506 g/mol. The molecule has 11 heteroatoms. The van der Waals surface area contributed by atoms with E-state index >= 15 is 0 Å². The second-order valence-electron chi connectivity index (χ2n) is 10.0. The van der Waals surface area contributed by atoms with Gasteiger partial charge in [0.2, 0.25) is 5.43 Å². The Morgan fingerprint density at radius 2 is 1.95 bits per heavy atom. The van der Waals surface area contributed by atoms with E-state index in [1.165, 1.54) is 12.3 Å². The van der Waals surface area contributed by atoms with Gasteiger partial charge in [-0.3, -0.25) is 14.3 Å². The molecule has 6 rings (SSSR count). The Morgan fingerprint density at radius 1 is 1.16 bits per heavy atom. The summed E-state index contributed by atoms with van der Waals surface area (Å²) in [6.45, 7) is 4.83. The van der Waals surface area contributed by atoms with Gasteiger partial charge in [-0.25, -0.2) is 14.8 Å². The van der Waals surface area contributed by atoms with Crippen molar-refractivity contribution in [3.05, 3.63) is 80.5 Å². The number of aryl methyl sites for hydroxylation is 1. The number of rotatable bonds is 5. The van der Waals surface area contributed by atoms with Crippen LogP contribution >= 0.6 is 11.6 Å². The van der Waals surface area contributed by atoms with Crippen LogP contribution in [0.5, 0.6) is 0 Å². The minimum absolute atomic E-state index is 0.133. The number of fused-ring (bicyclic) bond motifs is 2. The van der Waals surface area contributed by atoms with Crippen LogP contribution in [0.3, 0.4) is 0 Å². The van der Waals surface area contributed by atoms with Crippen molar-refractivity contribution in [3.63, 3.8) is 0 Å². The van der Waals surface area contributed by atoms with Gasteiger partial charge in [-0.05, 0) is 50.3 Å². The summed E-state index contributed by atoms with van der Waals surface area (Å²) in [6.07, 6.45) is 4.78. The molecule has 4 aromatic heterocycles. The highest BCUT2D eigenvalue weighted by Gasteiger charge is 2.30. The average molecular weight is 532 g/mol. The zero-order valence-corrected chi connectivity index (χ0v) is 22.0. The summed E-state index contributed by atoms with van der Waals surface area (Å²) < 4.78 is 1.63. The summed E-state index contributed by atoms with van der Waals surface area (Å²) in [7, 11) is 4.13. The van der Waals surface area contributed by atoms with Crippen molar-refractivity contribution < 1.29 is 9.90 Å². The highest BCUT2D eigenvalue weighted by molar-refractivity contribution is 6.33. The van der Waals surface area contributed by atoms with Crippen LogP contribution in [0.1, 0.15) is 27.2 Å². The van der Waals surface area contributed by atoms with Gasteiger partial charge in [-0.1, -0.05) is 17.7 Å². The van der Waals surface area contributed by atoms with Crippen LogP contribution in [-0.4, -0.2) is 68.7 Å². The molecule has 1 N–H and O–H groups in total. The number of hydrogen-bond donors (Lipinski definition) is 1. The molecular formula is C27H26ClN7O3. The van der Waals surface area contributed by atoms with Crippen LogP contribution in [0.2, 0.25) is 5.02 Å². The van der Waals surface area contributed by atoms with E-state index in [0.29, 0.717) is 36.3 Å². The number of carbonyl (C=O) groups is 1. The molecule has 1 fully saturated rings. The molecule has 2 aliphatic heterocycles. The third kappa shape index (κ3) is 3.97. The Kier molecular flexibility index (Phi) is 5.81. The molecule has 0 amide bonds. The van der Waals surface area contributed by atoms with E-state index in [1.807, 2.05) is 30.0 Å². The van der Waals surface area contributed by atoms with Crippen LogP contribution in [0.4, 0.5) is 11.6 Å². The van der Waals surface area contributed by atoms with E-state index in [2.05, 4.69) is 33.9 Å². The third-order valence-corrected chi connectivity index (χ3v) is 7.65. The number of anilines is 2. The van der Waals surface area contributed by atoms with Gasteiger partial charge in [0.1, 0.15) is 11.4 Å². The molecule has 1 saturated heterocycles. The van der Waals surface area contributed by atoms with Crippen molar-refractivity contribution >= 4 is 40.2 Å². The summed E-state index contributed by atoms with van der Waals surface area (Å²) in [5.41, 5.74) is 2.87.